The third-order valence-corrected chi connectivity index (χ3v) is 2.58. The summed E-state index contributed by atoms with van der Waals surface area (Å²) in [5, 5.41) is 12.1. The van der Waals surface area contributed by atoms with E-state index < -0.39 is 0 Å². The highest BCUT2D eigenvalue weighted by Gasteiger charge is 2.19. The van der Waals surface area contributed by atoms with Gasteiger partial charge in [-0.05, 0) is 19.4 Å². The van der Waals surface area contributed by atoms with Gasteiger partial charge in [0.2, 0.25) is 0 Å². The second-order valence-electron chi connectivity index (χ2n) is 3.69. The highest BCUT2D eigenvalue weighted by atomic mass is 16.3. The zero-order chi connectivity index (χ0) is 9.80. The molecule has 0 aromatic carbocycles. The Morgan fingerprint density at radius 2 is 2.57 bits per heavy atom. The minimum atomic E-state index is 0.134. The van der Waals surface area contributed by atoms with Crippen LogP contribution in [-0.4, -0.2) is 29.8 Å². The summed E-state index contributed by atoms with van der Waals surface area (Å²) in [4.78, 5) is 4.36. The molecular formula is C10H16N2O2. The molecule has 4 heteroatoms. The first kappa shape index (κ1) is 9.68. The van der Waals surface area contributed by atoms with Gasteiger partial charge in [-0.15, -0.1) is 0 Å². The molecule has 0 aliphatic carbocycles. The number of aliphatic hydroxyl groups excluding tert-OH is 1. The van der Waals surface area contributed by atoms with E-state index >= 15 is 0 Å². The lowest BCUT2D eigenvalue weighted by molar-refractivity contribution is 0.298. The summed E-state index contributed by atoms with van der Waals surface area (Å²) in [5.74, 6) is 1.23. The van der Waals surface area contributed by atoms with Gasteiger partial charge in [0, 0.05) is 25.5 Å². The van der Waals surface area contributed by atoms with Crippen molar-refractivity contribution in [3.8, 4) is 0 Å². The van der Waals surface area contributed by atoms with E-state index in [1.807, 2.05) is 0 Å². The normalized spacial score (nSPS) is 22.5. The molecule has 2 heterocycles. The lowest BCUT2D eigenvalue weighted by Gasteiger charge is -2.19. The molecule has 0 bridgehead atoms. The van der Waals surface area contributed by atoms with Crippen molar-refractivity contribution in [1.29, 1.82) is 0 Å². The second kappa shape index (κ2) is 4.57. The number of piperidine rings is 1. The third kappa shape index (κ3) is 2.13. The van der Waals surface area contributed by atoms with Crippen LogP contribution in [0.15, 0.2) is 10.7 Å². The fourth-order valence-corrected chi connectivity index (χ4v) is 1.80. The molecule has 1 aliphatic heterocycles. The summed E-state index contributed by atoms with van der Waals surface area (Å²) < 4.78 is 5.39. The van der Waals surface area contributed by atoms with Crippen LogP contribution in [0.1, 0.15) is 30.3 Å². The number of nitrogens with zero attached hydrogens (tertiary/aromatic N) is 1. The summed E-state index contributed by atoms with van der Waals surface area (Å²) in [5.41, 5.74) is 0.855. The first-order valence-corrected chi connectivity index (χ1v) is 5.16. The summed E-state index contributed by atoms with van der Waals surface area (Å²) in [7, 11) is 0. The van der Waals surface area contributed by atoms with E-state index in [4.69, 9.17) is 9.52 Å². The maximum atomic E-state index is 8.75. The van der Waals surface area contributed by atoms with Crippen molar-refractivity contribution in [2.45, 2.75) is 25.2 Å². The maximum absolute atomic E-state index is 8.75. The Morgan fingerprint density at radius 1 is 1.64 bits per heavy atom. The Labute approximate surface area is 83.3 Å². The van der Waals surface area contributed by atoms with Crippen LogP contribution in [0.2, 0.25) is 0 Å². The van der Waals surface area contributed by atoms with Gasteiger partial charge in [-0.25, -0.2) is 4.98 Å². The molecule has 1 aromatic heterocycles. The Kier molecular flexibility index (Phi) is 3.16. The van der Waals surface area contributed by atoms with Gasteiger partial charge in [0.15, 0.2) is 5.89 Å². The molecule has 4 nitrogen and oxygen atoms in total. The summed E-state index contributed by atoms with van der Waals surface area (Å²) in [6.07, 6.45) is 4.57. The smallest absolute Gasteiger partial charge is 0.198 e. The molecule has 78 valence electrons. The van der Waals surface area contributed by atoms with Crippen LogP contribution in [0.25, 0.3) is 0 Å². The SMILES string of the molecule is OCCc1coc(C2CCCNC2)n1. The molecule has 1 aliphatic rings. The largest absolute Gasteiger partial charge is 0.448 e. The average molecular weight is 196 g/mol. The summed E-state index contributed by atoms with van der Waals surface area (Å²) in [6, 6.07) is 0. The van der Waals surface area contributed by atoms with Crippen LogP contribution < -0.4 is 5.32 Å². The van der Waals surface area contributed by atoms with Gasteiger partial charge in [0.25, 0.3) is 0 Å². The van der Waals surface area contributed by atoms with Crippen molar-refractivity contribution in [3.05, 3.63) is 17.8 Å². The Hall–Kier alpha value is -0.870. The number of oxazole rings is 1. The molecule has 1 fully saturated rings. The maximum Gasteiger partial charge on any atom is 0.198 e. The lowest BCUT2D eigenvalue weighted by Crippen LogP contribution is -2.28. The van der Waals surface area contributed by atoms with Crippen LogP contribution in [-0.2, 0) is 6.42 Å². The van der Waals surface area contributed by atoms with E-state index in [-0.39, 0.29) is 6.61 Å². The molecule has 2 rings (SSSR count). The molecule has 2 N–H and O–H groups in total. The standard InChI is InChI=1S/C10H16N2O2/c13-5-3-9-7-14-10(12-9)8-2-1-4-11-6-8/h7-8,11,13H,1-6H2. The zero-order valence-electron chi connectivity index (χ0n) is 8.20. The first-order chi connectivity index (χ1) is 6.90. The van der Waals surface area contributed by atoms with Crippen molar-refractivity contribution in [1.82, 2.24) is 10.3 Å². The Bertz CT molecular complexity index is 279. The quantitative estimate of drug-likeness (QED) is 0.746. The number of aromatic nitrogens is 1. The van der Waals surface area contributed by atoms with E-state index in [9.17, 15) is 0 Å². The minimum absolute atomic E-state index is 0.134. The average Bonchev–Trinajstić information content (AvgIpc) is 2.68. The molecule has 14 heavy (non-hydrogen) atoms. The zero-order valence-corrected chi connectivity index (χ0v) is 8.20. The van der Waals surface area contributed by atoms with Crippen LogP contribution in [0, 0.1) is 0 Å². The van der Waals surface area contributed by atoms with Gasteiger partial charge >= 0.3 is 0 Å². The Morgan fingerprint density at radius 3 is 3.29 bits per heavy atom. The molecule has 1 unspecified atom stereocenters. The van der Waals surface area contributed by atoms with Crippen molar-refractivity contribution in [2.24, 2.45) is 0 Å². The van der Waals surface area contributed by atoms with Crippen LogP contribution in [0.3, 0.4) is 0 Å². The van der Waals surface area contributed by atoms with Crippen LogP contribution in [0.4, 0.5) is 0 Å². The molecule has 1 saturated heterocycles. The lowest BCUT2D eigenvalue weighted by atomic mass is 10.00. The van der Waals surface area contributed by atoms with Crippen LogP contribution in [0.5, 0.6) is 0 Å². The molecule has 1 aromatic rings. The molecule has 0 radical (unpaired) electrons. The topological polar surface area (TPSA) is 58.3 Å². The van der Waals surface area contributed by atoms with E-state index in [1.54, 1.807) is 6.26 Å². The van der Waals surface area contributed by atoms with Gasteiger partial charge in [-0.3, -0.25) is 0 Å². The highest BCUT2D eigenvalue weighted by Crippen LogP contribution is 2.22. The van der Waals surface area contributed by atoms with Crippen molar-refractivity contribution in [3.63, 3.8) is 0 Å². The first-order valence-electron chi connectivity index (χ1n) is 5.16. The van der Waals surface area contributed by atoms with Gasteiger partial charge in [-0.2, -0.15) is 0 Å². The number of nitrogens with one attached hydrogen (secondary N) is 1. The van der Waals surface area contributed by atoms with E-state index in [2.05, 4.69) is 10.3 Å². The second-order valence-corrected chi connectivity index (χ2v) is 3.69. The molecule has 0 spiro atoms. The number of hydrogen-bond acceptors (Lipinski definition) is 4. The van der Waals surface area contributed by atoms with Gasteiger partial charge in [0.1, 0.15) is 6.26 Å². The fourth-order valence-electron chi connectivity index (χ4n) is 1.80. The van der Waals surface area contributed by atoms with Crippen molar-refractivity contribution < 1.29 is 9.52 Å². The van der Waals surface area contributed by atoms with Gasteiger partial charge in [-0.1, -0.05) is 0 Å². The van der Waals surface area contributed by atoms with Gasteiger partial charge < -0.3 is 14.8 Å². The number of hydrogen-bond donors (Lipinski definition) is 2. The van der Waals surface area contributed by atoms with Crippen molar-refractivity contribution >= 4 is 0 Å². The molecule has 0 amide bonds. The summed E-state index contributed by atoms with van der Waals surface area (Å²) >= 11 is 0. The van der Waals surface area contributed by atoms with E-state index in [0.29, 0.717) is 12.3 Å². The Balaban J connectivity index is 2.00. The predicted octanol–water partition coefficient (Wildman–Crippen LogP) is 0.676. The van der Waals surface area contributed by atoms with Crippen LogP contribution >= 0.6 is 0 Å². The predicted molar refractivity (Wildman–Crippen MR) is 52.1 cm³/mol. The molecule has 1 atom stereocenters. The third-order valence-electron chi connectivity index (χ3n) is 2.58. The van der Waals surface area contributed by atoms with E-state index in [1.165, 1.54) is 6.42 Å². The number of rotatable bonds is 3. The minimum Gasteiger partial charge on any atom is -0.448 e. The molecule has 0 saturated carbocycles. The number of aliphatic hydroxyl groups is 1. The summed E-state index contributed by atoms with van der Waals surface area (Å²) in [6.45, 7) is 2.19. The van der Waals surface area contributed by atoms with E-state index in [0.717, 1.165) is 31.1 Å². The highest BCUT2D eigenvalue weighted by molar-refractivity contribution is 5.02. The van der Waals surface area contributed by atoms with Crippen molar-refractivity contribution in [2.75, 3.05) is 19.7 Å². The molecular weight excluding hydrogens is 180 g/mol. The fraction of sp³-hybridized carbons (Fsp3) is 0.700. The van der Waals surface area contributed by atoms with Gasteiger partial charge in [0.05, 0.1) is 5.69 Å². The monoisotopic (exact) mass is 196 g/mol.